The molecule has 2 N–H and O–H groups in total. The van der Waals surface area contributed by atoms with Crippen LogP contribution >= 0.6 is 0 Å². The van der Waals surface area contributed by atoms with Crippen molar-refractivity contribution in [2.45, 2.75) is 32.2 Å². The molecule has 0 amide bonds. The number of anilines is 1. The standard InChI is InChI=1S/C14H22N2O3S/c1-2-12-6-5-9-16(12)20(17,18)11-10-19-14-8-4-3-7-13(14)15/h3-4,7-8,12H,2,5-6,9-11,15H2,1H3. The molecule has 1 atom stereocenters. The van der Waals surface area contributed by atoms with Gasteiger partial charge in [-0.3, -0.25) is 0 Å². The highest BCUT2D eigenvalue weighted by atomic mass is 32.2. The van der Waals surface area contributed by atoms with Gasteiger partial charge >= 0.3 is 0 Å². The predicted octanol–water partition coefficient (Wildman–Crippen LogP) is 1.85. The highest BCUT2D eigenvalue weighted by Crippen LogP contribution is 2.24. The van der Waals surface area contributed by atoms with Crippen molar-refractivity contribution in [3.63, 3.8) is 0 Å². The molecule has 0 aromatic heterocycles. The second-order valence-corrected chi connectivity index (χ2v) is 7.06. The van der Waals surface area contributed by atoms with Gasteiger partial charge in [0.1, 0.15) is 12.4 Å². The van der Waals surface area contributed by atoms with Crippen LogP contribution < -0.4 is 10.5 Å². The normalized spacial score (nSPS) is 20.1. The van der Waals surface area contributed by atoms with Crippen LogP contribution in [0.3, 0.4) is 0 Å². The second-order valence-electron chi connectivity index (χ2n) is 5.02. The van der Waals surface area contributed by atoms with E-state index in [1.807, 2.05) is 19.1 Å². The zero-order valence-electron chi connectivity index (χ0n) is 11.8. The number of rotatable bonds is 6. The Morgan fingerprint density at radius 1 is 1.40 bits per heavy atom. The molecule has 1 unspecified atom stereocenters. The third-order valence-electron chi connectivity index (χ3n) is 3.67. The first-order valence-electron chi connectivity index (χ1n) is 7.01. The third kappa shape index (κ3) is 3.43. The van der Waals surface area contributed by atoms with E-state index in [1.165, 1.54) is 0 Å². The van der Waals surface area contributed by atoms with E-state index in [4.69, 9.17) is 10.5 Å². The second kappa shape index (κ2) is 6.45. The van der Waals surface area contributed by atoms with Crippen LogP contribution in [0.4, 0.5) is 5.69 Å². The predicted molar refractivity (Wildman–Crippen MR) is 80.2 cm³/mol. The van der Waals surface area contributed by atoms with Gasteiger partial charge in [-0.15, -0.1) is 0 Å². The molecule has 6 heteroatoms. The number of hydrogen-bond donors (Lipinski definition) is 1. The van der Waals surface area contributed by atoms with Crippen LogP contribution in [-0.2, 0) is 10.0 Å². The number of nitrogen functional groups attached to an aromatic ring is 1. The fourth-order valence-corrected chi connectivity index (χ4v) is 4.21. The lowest BCUT2D eigenvalue weighted by Gasteiger charge is -2.23. The Bertz CT molecular complexity index is 545. The molecule has 1 aliphatic rings. The van der Waals surface area contributed by atoms with Crippen molar-refractivity contribution in [2.75, 3.05) is 24.6 Å². The first-order valence-corrected chi connectivity index (χ1v) is 8.62. The summed E-state index contributed by atoms with van der Waals surface area (Å²) in [4.78, 5) is 0. The smallest absolute Gasteiger partial charge is 0.217 e. The highest BCUT2D eigenvalue weighted by molar-refractivity contribution is 7.89. The molecular weight excluding hydrogens is 276 g/mol. The number of nitrogens with two attached hydrogens (primary N) is 1. The summed E-state index contributed by atoms with van der Waals surface area (Å²) < 4.78 is 31.7. The molecule has 0 radical (unpaired) electrons. The number of nitrogens with zero attached hydrogens (tertiary/aromatic N) is 1. The molecule has 0 spiro atoms. The zero-order chi connectivity index (χ0) is 14.6. The number of sulfonamides is 1. The molecule has 112 valence electrons. The van der Waals surface area contributed by atoms with Crippen molar-refractivity contribution in [2.24, 2.45) is 0 Å². The number of ether oxygens (including phenoxy) is 1. The minimum Gasteiger partial charge on any atom is -0.490 e. The molecule has 1 saturated heterocycles. The Morgan fingerprint density at radius 3 is 2.85 bits per heavy atom. The van der Waals surface area contributed by atoms with Crippen LogP contribution in [-0.4, -0.2) is 37.7 Å². The SMILES string of the molecule is CCC1CCCN1S(=O)(=O)CCOc1ccccc1N. The summed E-state index contributed by atoms with van der Waals surface area (Å²) in [6.45, 7) is 2.79. The zero-order valence-corrected chi connectivity index (χ0v) is 12.6. The van der Waals surface area contributed by atoms with E-state index < -0.39 is 10.0 Å². The van der Waals surface area contributed by atoms with E-state index in [-0.39, 0.29) is 18.4 Å². The summed E-state index contributed by atoms with van der Waals surface area (Å²) >= 11 is 0. The van der Waals surface area contributed by atoms with Gasteiger partial charge in [-0.1, -0.05) is 19.1 Å². The van der Waals surface area contributed by atoms with E-state index in [1.54, 1.807) is 16.4 Å². The monoisotopic (exact) mass is 298 g/mol. The average Bonchev–Trinajstić information content (AvgIpc) is 2.90. The van der Waals surface area contributed by atoms with Crippen LogP contribution in [0.2, 0.25) is 0 Å². The van der Waals surface area contributed by atoms with E-state index in [0.29, 0.717) is 18.0 Å². The molecule has 1 fully saturated rings. The number of hydrogen-bond acceptors (Lipinski definition) is 4. The number of benzene rings is 1. The lowest BCUT2D eigenvalue weighted by Crippen LogP contribution is -2.38. The van der Waals surface area contributed by atoms with E-state index in [9.17, 15) is 8.42 Å². The average molecular weight is 298 g/mol. The molecule has 1 aliphatic heterocycles. The molecule has 0 aliphatic carbocycles. The van der Waals surface area contributed by atoms with Gasteiger partial charge in [-0.25, -0.2) is 8.42 Å². The molecule has 1 aromatic rings. The lowest BCUT2D eigenvalue weighted by atomic mass is 10.2. The van der Waals surface area contributed by atoms with E-state index in [2.05, 4.69) is 0 Å². The molecule has 20 heavy (non-hydrogen) atoms. The Hall–Kier alpha value is -1.27. The molecule has 0 saturated carbocycles. The first-order chi connectivity index (χ1) is 9.54. The van der Waals surface area contributed by atoms with Gasteiger partial charge in [0.15, 0.2) is 0 Å². The molecule has 0 bridgehead atoms. The van der Waals surface area contributed by atoms with Crippen molar-refractivity contribution in [3.8, 4) is 5.75 Å². The highest BCUT2D eigenvalue weighted by Gasteiger charge is 2.32. The first kappa shape index (κ1) is 15.1. The van der Waals surface area contributed by atoms with Crippen LogP contribution in [0.1, 0.15) is 26.2 Å². The lowest BCUT2D eigenvalue weighted by molar-refractivity contribution is 0.331. The van der Waals surface area contributed by atoms with Crippen molar-refractivity contribution in [1.82, 2.24) is 4.31 Å². The summed E-state index contributed by atoms with van der Waals surface area (Å²) in [5, 5.41) is 0. The summed E-state index contributed by atoms with van der Waals surface area (Å²) in [6, 6.07) is 7.26. The summed E-state index contributed by atoms with van der Waals surface area (Å²) in [5.74, 6) is 0.536. The van der Waals surface area contributed by atoms with Crippen molar-refractivity contribution >= 4 is 15.7 Å². The van der Waals surface area contributed by atoms with Gasteiger partial charge in [-0.2, -0.15) is 4.31 Å². The summed E-state index contributed by atoms with van der Waals surface area (Å²) in [7, 11) is -3.24. The maximum Gasteiger partial charge on any atom is 0.217 e. The minimum absolute atomic E-state index is 0.00215. The van der Waals surface area contributed by atoms with Crippen molar-refractivity contribution in [3.05, 3.63) is 24.3 Å². The Balaban J connectivity index is 1.91. The summed E-state index contributed by atoms with van der Waals surface area (Å²) in [5.41, 5.74) is 6.28. The largest absolute Gasteiger partial charge is 0.490 e. The molecular formula is C14H22N2O3S. The molecule has 2 rings (SSSR count). The van der Waals surface area contributed by atoms with Crippen molar-refractivity contribution in [1.29, 1.82) is 0 Å². The molecule has 5 nitrogen and oxygen atoms in total. The fourth-order valence-electron chi connectivity index (χ4n) is 2.57. The fraction of sp³-hybridized carbons (Fsp3) is 0.571. The van der Waals surface area contributed by atoms with Gasteiger partial charge < -0.3 is 10.5 Å². The summed E-state index contributed by atoms with van der Waals surface area (Å²) in [6.07, 6.45) is 2.78. The van der Waals surface area contributed by atoms with Gasteiger partial charge in [0, 0.05) is 12.6 Å². The Kier molecular flexibility index (Phi) is 4.88. The number of para-hydroxylation sites is 2. The Labute approximate surface area is 120 Å². The molecule has 1 heterocycles. The van der Waals surface area contributed by atoms with Crippen molar-refractivity contribution < 1.29 is 13.2 Å². The quantitative estimate of drug-likeness (QED) is 0.814. The van der Waals surface area contributed by atoms with Gasteiger partial charge in [0.05, 0.1) is 11.4 Å². The molecule has 1 aromatic carbocycles. The van der Waals surface area contributed by atoms with Crippen LogP contribution in [0.15, 0.2) is 24.3 Å². The maximum absolute atomic E-state index is 12.3. The third-order valence-corrected chi connectivity index (χ3v) is 5.55. The topological polar surface area (TPSA) is 72.6 Å². The van der Waals surface area contributed by atoms with Gasteiger partial charge in [0.2, 0.25) is 10.0 Å². The maximum atomic E-state index is 12.3. The van der Waals surface area contributed by atoms with E-state index in [0.717, 1.165) is 19.3 Å². The van der Waals surface area contributed by atoms with Gasteiger partial charge in [0.25, 0.3) is 0 Å². The van der Waals surface area contributed by atoms with Crippen LogP contribution in [0.5, 0.6) is 5.75 Å². The van der Waals surface area contributed by atoms with E-state index >= 15 is 0 Å². The van der Waals surface area contributed by atoms with Crippen LogP contribution in [0.25, 0.3) is 0 Å². The van der Waals surface area contributed by atoms with Gasteiger partial charge in [-0.05, 0) is 31.4 Å². The Morgan fingerprint density at radius 2 is 2.15 bits per heavy atom. The van der Waals surface area contributed by atoms with Crippen LogP contribution in [0, 0.1) is 0 Å². The minimum atomic E-state index is -3.24.